The Balaban J connectivity index is 4.39. The minimum absolute atomic E-state index is 0.105. The molecule has 0 spiro atoms. The van der Waals surface area contributed by atoms with Gasteiger partial charge >= 0.3 is 11.9 Å². The quantitative estimate of drug-likeness (QED) is 0.658. The van der Waals surface area contributed by atoms with Crippen molar-refractivity contribution in [2.45, 2.75) is 65.6 Å². The molecule has 0 amide bonds. The van der Waals surface area contributed by atoms with Gasteiger partial charge in [0.15, 0.2) is 0 Å². The highest BCUT2D eigenvalue weighted by molar-refractivity contribution is 5.82. The first-order valence-corrected chi connectivity index (χ1v) is 5.80. The molecule has 4 heteroatoms. The fourth-order valence-electron chi connectivity index (χ4n) is 1.15. The summed E-state index contributed by atoms with van der Waals surface area (Å²) >= 11 is 0. The number of hydrogen-bond acceptors (Lipinski definition) is 4. The molecule has 0 aromatic carbocycles. The maximum atomic E-state index is 11.7. The Morgan fingerprint density at radius 1 is 1.12 bits per heavy atom. The third kappa shape index (κ3) is 4.64. The van der Waals surface area contributed by atoms with Crippen molar-refractivity contribution in [3.05, 3.63) is 0 Å². The van der Waals surface area contributed by atoms with Gasteiger partial charge in [0.25, 0.3) is 0 Å². The van der Waals surface area contributed by atoms with Gasteiger partial charge in [-0.2, -0.15) is 0 Å². The van der Waals surface area contributed by atoms with Crippen LogP contribution < -0.4 is 0 Å². The van der Waals surface area contributed by atoms with E-state index in [2.05, 4.69) is 0 Å². The van der Waals surface area contributed by atoms with E-state index in [0.717, 1.165) is 12.8 Å². The van der Waals surface area contributed by atoms with Gasteiger partial charge in [-0.25, -0.2) is 4.79 Å². The Bertz CT molecular complexity index is 241. The summed E-state index contributed by atoms with van der Waals surface area (Å²) in [7, 11) is 0. The number of hydrogen-bond donors (Lipinski definition) is 0. The zero-order valence-electron chi connectivity index (χ0n) is 10.8. The molecule has 0 aromatic rings. The molecule has 0 heterocycles. The number of carbonyl (C=O) groups excluding carboxylic acids is 2. The van der Waals surface area contributed by atoms with Gasteiger partial charge in [-0.15, -0.1) is 0 Å². The number of esters is 2. The third-order valence-electron chi connectivity index (χ3n) is 2.33. The molecular formula is C12H22O4. The van der Waals surface area contributed by atoms with Crippen LogP contribution >= 0.6 is 0 Å². The highest BCUT2D eigenvalue weighted by Crippen LogP contribution is 2.16. The topological polar surface area (TPSA) is 52.6 Å². The van der Waals surface area contributed by atoms with Gasteiger partial charge in [-0.3, -0.25) is 4.79 Å². The molecule has 0 aliphatic rings. The van der Waals surface area contributed by atoms with Crippen molar-refractivity contribution in [1.29, 1.82) is 0 Å². The standard InChI is InChI=1S/C12H22O4/c1-6-9(7-2)15-11(14)12(4,5)16-10(13)8-3/h9H,6-8H2,1-5H3. The summed E-state index contributed by atoms with van der Waals surface area (Å²) in [6, 6.07) is 0. The number of carbonyl (C=O) groups is 2. The molecule has 0 aliphatic carbocycles. The van der Waals surface area contributed by atoms with Crippen LogP contribution in [0.2, 0.25) is 0 Å². The highest BCUT2D eigenvalue weighted by Gasteiger charge is 2.34. The van der Waals surface area contributed by atoms with Gasteiger partial charge in [-0.05, 0) is 26.7 Å². The Morgan fingerprint density at radius 3 is 2.00 bits per heavy atom. The Labute approximate surface area is 97.3 Å². The van der Waals surface area contributed by atoms with Gasteiger partial charge in [0, 0.05) is 6.42 Å². The molecule has 0 atom stereocenters. The van der Waals surface area contributed by atoms with Gasteiger partial charge in [0.1, 0.15) is 6.10 Å². The van der Waals surface area contributed by atoms with Gasteiger partial charge in [0.2, 0.25) is 5.60 Å². The average molecular weight is 230 g/mol. The van der Waals surface area contributed by atoms with E-state index in [1.807, 2.05) is 13.8 Å². The molecule has 0 fully saturated rings. The fourth-order valence-corrected chi connectivity index (χ4v) is 1.15. The lowest BCUT2D eigenvalue weighted by Gasteiger charge is -2.25. The number of ether oxygens (including phenoxy) is 2. The van der Waals surface area contributed by atoms with Crippen LogP contribution in [0, 0.1) is 0 Å². The zero-order valence-corrected chi connectivity index (χ0v) is 10.8. The lowest BCUT2D eigenvalue weighted by molar-refractivity contribution is -0.182. The largest absolute Gasteiger partial charge is 0.459 e. The predicted molar refractivity (Wildman–Crippen MR) is 60.9 cm³/mol. The molecule has 0 saturated heterocycles. The van der Waals surface area contributed by atoms with Crippen LogP contribution in [-0.2, 0) is 19.1 Å². The summed E-state index contributed by atoms with van der Waals surface area (Å²) in [6.45, 7) is 8.68. The van der Waals surface area contributed by atoms with Crippen molar-refractivity contribution in [2.24, 2.45) is 0 Å². The van der Waals surface area contributed by atoms with Crippen LogP contribution in [0.25, 0.3) is 0 Å². The van der Waals surface area contributed by atoms with Crippen LogP contribution in [0.3, 0.4) is 0 Å². The predicted octanol–water partition coefficient (Wildman–Crippen LogP) is 2.45. The second-order valence-electron chi connectivity index (χ2n) is 4.18. The van der Waals surface area contributed by atoms with E-state index in [1.165, 1.54) is 0 Å². The Morgan fingerprint density at radius 2 is 1.62 bits per heavy atom. The second-order valence-corrected chi connectivity index (χ2v) is 4.18. The third-order valence-corrected chi connectivity index (χ3v) is 2.33. The summed E-state index contributed by atoms with van der Waals surface area (Å²) in [5.74, 6) is -0.880. The van der Waals surface area contributed by atoms with Gasteiger partial charge in [0.05, 0.1) is 0 Å². The van der Waals surface area contributed by atoms with Crippen LogP contribution in [0.1, 0.15) is 53.9 Å². The fraction of sp³-hybridized carbons (Fsp3) is 0.833. The average Bonchev–Trinajstić information content (AvgIpc) is 2.24. The lowest BCUT2D eigenvalue weighted by Crippen LogP contribution is -2.40. The van der Waals surface area contributed by atoms with E-state index in [0.29, 0.717) is 0 Å². The molecule has 94 valence electrons. The van der Waals surface area contributed by atoms with E-state index in [9.17, 15) is 9.59 Å². The first kappa shape index (κ1) is 14.9. The smallest absolute Gasteiger partial charge is 0.350 e. The summed E-state index contributed by atoms with van der Waals surface area (Å²) in [5.41, 5.74) is -1.20. The van der Waals surface area contributed by atoms with Crippen molar-refractivity contribution in [2.75, 3.05) is 0 Å². The molecule has 4 nitrogen and oxygen atoms in total. The SMILES string of the molecule is CCC(=O)OC(C)(C)C(=O)OC(CC)CC. The maximum absolute atomic E-state index is 11.7. The Kier molecular flexibility index (Phi) is 6.08. The van der Waals surface area contributed by atoms with Crippen molar-refractivity contribution >= 4 is 11.9 Å². The Hall–Kier alpha value is -1.06. The minimum Gasteiger partial charge on any atom is -0.459 e. The minimum atomic E-state index is -1.20. The van der Waals surface area contributed by atoms with Crippen molar-refractivity contribution in [3.63, 3.8) is 0 Å². The molecule has 0 N–H and O–H groups in total. The molecule has 0 rings (SSSR count). The van der Waals surface area contributed by atoms with Crippen molar-refractivity contribution in [1.82, 2.24) is 0 Å². The molecule has 0 aliphatic heterocycles. The van der Waals surface area contributed by atoms with E-state index < -0.39 is 17.5 Å². The van der Waals surface area contributed by atoms with E-state index in [-0.39, 0.29) is 12.5 Å². The molecule has 16 heavy (non-hydrogen) atoms. The van der Waals surface area contributed by atoms with Crippen LogP contribution in [0.4, 0.5) is 0 Å². The first-order chi connectivity index (χ1) is 7.37. The summed E-state index contributed by atoms with van der Waals surface area (Å²) in [4.78, 5) is 22.9. The maximum Gasteiger partial charge on any atom is 0.350 e. The molecule has 0 bridgehead atoms. The summed E-state index contributed by atoms with van der Waals surface area (Å²) in [6.07, 6.45) is 1.68. The molecule has 0 unspecified atom stereocenters. The van der Waals surface area contributed by atoms with Crippen molar-refractivity contribution < 1.29 is 19.1 Å². The van der Waals surface area contributed by atoms with E-state index >= 15 is 0 Å². The molecule has 0 saturated carbocycles. The monoisotopic (exact) mass is 230 g/mol. The highest BCUT2D eigenvalue weighted by atomic mass is 16.6. The molecule has 0 radical (unpaired) electrons. The second kappa shape index (κ2) is 6.51. The number of rotatable bonds is 6. The summed E-state index contributed by atoms with van der Waals surface area (Å²) in [5, 5.41) is 0. The van der Waals surface area contributed by atoms with Crippen LogP contribution in [0.5, 0.6) is 0 Å². The normalized spacial score (nSPS) is 11.4. The van der Waals surface area contributed by atoms with Crippen LogP contribution in [0.15, 0.2) is 0 Å². The van der Waals surface area contributed by atoms with E-state index in [4.69, 9.17) is 9.47 Å². The van der Waals surface area contributed by atoms with Crippen LogP contribution in [-0.4, -0.2) is 23.6 Å². The first-order valence-electron chi connectivity index (χ1n) is 5.80. The lowest BCUT2D eigenvalue weighted by atomic mass is 10.1. The zero-order chi connectivity index (χ0) is 12.8. The van der Waals surface area contributed by atoms with E-state index in [1.54, 1.807) is 20.8 Å². The molecule has 0 aromatic heterocycles. The van der Waals surface area contributed by atoms with Crippen molar-refractivity contribution in [3.8, 4) is 0 Å². The molecular weight excluding hydrogens is 208 g/mol. The van der Waals surface area contributed by atoms with Gasteiger partial charge < -0.3 is 9.47 Å². The van der Waals surface area contributed by atoms with Gasteiger partial charge in [-0.1, -0.05) is 20.8 Å². The summed E-state index contributed by atoms with van der Waals surface area (Å²) < 4.78 is 10.3.